The third kappa shape index (κ3) is 2.84. The molecule has 1 fully saturated rings. The van der Waals surface area contributed by atoms with E-state index in [2.05, 4.69) is 0 Å². The lowest BCUT2D eigenvalue weighted by atomic mass is 9.82. The molecule has 1 saturated carbocycles. The molecule has 2 aliphatic rings. The Morgan fingerprint density at radius 1 is 1.19 bits per heavy atom. The van der Waals surface area contributed by atoms with E-state index < -0.39 is 29.2 Å². The maximum absolute atomic E-state index is 12.3. The van der Waals surface area contributed by atoms with Crippen LogP contribution in [0.3, 0.4) is 0 Å². The Labute approximate surface area is 125 Å². The predicted octanol–water partition coefficient (Wildman–Crippen LogP) is 1.85. The SMILES string of the molecule is CCC(CC)(CO)COC(=O)C1C(C(=O)O)[C@@H]2C=C[C@H]1C2. The van der Waals surface area contributed by atoms with Crippen LogP contribution in [-0.2, 0) is 14.3 Å². The molecule has 5 nitrogen and oxygen atoms in total. The number of carbonyl (C=O) groups is 2. The van der Waals surface area contributed by atoms with Crippen LogP contribution in [0.5, 0.6) is 0 Å². The Bertz CT molecular complexity index is 430. The quantitative estimate of drug-likeness (QED) is 0.553. The number of esters is 1. The van der Waals surface area contributed by atoms with Crippen LogP contribution in [-0.4, -0.2) is 35.4 Å². The monoisotopic (exact) mass is 296 g/mol. The maximum Gasteiger partial charge on any atom is 0.310 e. The van der Waals surface area contributed by atoms with Crippen LogP contribution in [0.1, 0.15) is 33.1 Å². The summed E-state index contributed by atoms with van der Waals surface area (Å²) in [5.74, 6) is -2.67. The summed E-state index contributed by atoms with van der Waals surface area (Å²) in [6.07, 6.45) is 6.00. The van der Waals surface area contributed by atoms with Crippen molar-refractivity contribution >= 4 is 11.9 Å². The first-order valence-electron chi connectivity index (χ1n) is 7.66. The first-order valence-corrected chi connectivity index (χ1v) is 7.66. The number of hydrogen-bond donors (Lipinski definition) is 2. The number of aliphatic carboxylic acids is 1. The van der Waals surface area contributed by atoms with Crippen LogP contribution >= 0.6 is 0 Å². The molecule has 0 radical (unpaired) electrons. The van der Waals surface area contributed by atoms with Crippen molar-refractivity contribution in [2.75, 3.05) is 13.2 Å². The zero-order valence-electron chi connectivity index (χ0n) is 12.6. The van der Waals surface area contributed by atoms with Gasteiger partial charge >= 0.3 is 11.9 Å². The summed E-state index contributed by atoms with van der Waals surface area (Å²) >= 11 is 0. The van der Waals surface area contributed by atoms with Crippen molar-refractivity contribution in [1.82, 2.24) is 0 Å². The lowest BCUT2D eigenvalue weighted by molar-refractivity contribution is -0.161. The van der Waals surface area contributed by atoms with Crippen LogP contribution < -0.4 is 0 Å². The third-order valence-electron chi connectivity index (χ3n) is 5.37. The fraction of sp³-hybridized carbons (Fsp3) is 0.750. The van der Waals surface area contributed by atoms with Gasteiger partial charge in [-0.2, -0.15) is 0 Å². The molecule has 4 atom stereocenters. The third-order valence-corrected chi connectivity index (χ3v) is 5.37. The minimum Gasteiger partial charge on any atom is -0.481 e. The number of aliphatic hydroxyl groups is 1. The van der Waals surface area contributed by atoms with Crippen molar-refractivity contribution in [3.63, 3.8) is 0 Å². The lowest BCUT2D eigenvalue weighted by Gasteiger charge is -2.30. The molecular weight excluding hydrogens is 272 g/mol. The second kappa shape index (κ2) is 6.18. The molecule has 0 aliphatic heterocycles. The second-order valence-electron chi connectivity index (χ2n) is 6.31. The molecular formula is C16H24O5. The summed E-state index contributed by atoms with van der Waals surface area (Å²) in [7, 11) is 0. The summed E-state index contributed by atoms with van der Waals surface area (Å²) in [5, 5.41) is 18.8. The van der Waals surface area contributed by atoms with Gasteiger partial charge in [-0.15, -0.1) is 0 Å². The lowest BCUT2D eigenvalue weighted by Crippen LogP contribution is -2.37. The molecule has 0 amide bonds. The zero-order chi connectivity index (χ0) is 15.6. The molecule has 0 aromatic heterocycles. The van der Waals surface area contributed by atoms with Crippen LogP contribution in [0.2, 0.25) is 0 Å². The molecule has 2 unspecified atom stereocenters. The molecule has 0 aromatic rings. The van der Waals surface area contributed by atoms with Gasteiger partial charge in [-0.1, -0.05) is 26.0 Å². The van der Waals surface area contributed by atoms with E-state index in [0.29, 0.717) is 12.8 Å². The number of ether oxygens (including phenoxy) is 1. The molecule has 5 heteroatoms. The van der Waals surface area contributed by atoms with Crippen LogP contribution in [0, 0.1) is 29.1 Å². The summed E-state index contributed by atoms with van der Waals surface area (Å²) in [5.41, 5.74) is -0.415. The largest absolute Gasteiger partial charge is 0.481 e. The zero-order valence-corrected chi connectivity index (χ0v) is 12.6. The fourth-order valence-corrected chi connectivity index (χ4v) is 3.52. The number of allylic oxidation sites excluding steroid dienone is 2. The molecule has 2 rings (SSSR count). The van der Waals surface area contributed by atoms with Crippen molar-refractivity contribution in [1.29, 1.82) is 0 Å². The van der Waals surface area contributed by atoms with Gasteiger partial charge in [0.2, 0.25) is 0 Å². The first-order chi connectivity index (χ1) is 9.98. The van der Waals surface area contributed by atoms with Crippen molar-refractivity contribution in [2.24, 2.45) is 29.1 Å². The minimum atomic E-state index is -0.923. The van der Waals surface area contributed by atoms with E-state index in [9.17, 15) is 19.8 Å². The number of rotatable bonds is 7. The Kier molecular flexibility index (Phi) is 4.71. The Balaban J connectivity index is 2.03. The van der Waals surface area contributed by atoms with Gasteiger partial charge in [0.15, 0.2) is 0 Å². The van der Waals surface area contributed by atoms with Gasteiger partial charge in [0, 0.05) is 5.41 Å². The van der Waals surface area contributed by atoms with Crippen molar-refractivity contribution < 1.29 is 24.5 Å². The Morgan fingerprint density at radius 2 is 1.76 bits per heavy atom. The summed E-state index contributed by atoms with van der Waals surface area (Å²) in [6.45, 7) is 4.02. The number of carbonyl (C=O) groups excluding carboxylic acids is 1. The second-order valence-corrected chi connectivity index (χ2v) is 6.31. The van der Waals surface area contributed by atoms with E-state index in [0.717, 1.165) is 6.42 Å². The average molecular weight is 296 g/mol. The highest BCUT2D eigenvalue weighted by Crippen LogP contribution is 2.48. The molecule has 21 heavy (non-hydrogen) atoms. The highest BCUT2D eigenvalue weighted by molar-refractivity contribution is 5.83. The van der Waals surface area contributed by atoms with Crippen LogP contribution in [0.25, 0.3) is 0 Å². The molecule has 0 saturated heterocycles. The van der Waals surface area contributed by atoms with Crippen molar-refractivity contribution in [3.05, 3.63) is 12.2 Å². The predicted molar refractivity (Wildman–Crippen MR) is 76.4 cm³/mol. The van der Waals surface area contributed by atoms with E-state index in [4.69, 9.17) is 4.74 Å². The average Bonchev–Trinajstić information content (AvgIpc) is 3.09. The Hall–Kier alpha value is -1.36. The van der Waals surface area contributed by atoms with Crippen LogP contribution in [0.15, 0.2) is 12.2 Å². The number of fused-ring (bicyclic) bond motifs is 2. The van der Waals surface area contributed by atoms with Gasteiger partial charge in [0.1, 0.15) is 0 Å². The topological polar surface area (TPSA) is 83.8 Å². The minimum absolute atomic E-state index is 0.0182. The molecule has 0 aromatic carbocycles. The van der Waals surface area contributed by atoms with Gasteiger partial charge in [-0.3, -0.25) is 9.59 Å². The molecule has 0 heterocycles. The highest BCUT2D eigenvalue weighted by Gasteiger charge is 2.52. The molecule has 118 valence electrons. The van der Waals surface area contributed by atoms with Crippen molar-refractivity contribution in [2.45, 2.75) is 33.1 Å². The highest BCUT2D eigenvalue weighted by atomic mass is 16.5. The van der Waals surface area contributed by atoms with Gasteiger partial charge in [-0.25, -0.2) is 0 Å². The smallest absolute Gasteiger partial charge is 0.310 e. The van der Waals surface area contributed by atoms with E-state index in [1.807, 2.05) is 26.0 Å². The van der Waals surface area contributed by atoms with Crippen LogP contribution in [0.4, 0.5) is 0 Å². The van der Waals surface area contributed by atoms with E-state index in [1.165, 1.54) is 0 Å². The van der Waals surface area contributed by atoms with Gasteiger partial charge in [-0.05, 0) is 31.1 Å². The standard InChI is InChI=1S/C16H24O5/c1-3-16(4-2,8-17)9-21-15(20)13-11-6-5-10(7-11)12(13)14(18)19/h5-6,10-13,17H,3-4,7-9H2,1-2H3,(H,18,19)/t10-,11+,12?,13?/m1/s1. The Morgan fingerprint density at radius 3 is 2.24 bits per heavy atom. The maximum atomic E-state index is 12.3. The van der Waals surface area contributed by atoms with Gasteiger partial charge in [0.25, 0.3) is 0 Å². The summed E-state index contributed by atoms with van der Waals surface area (Å²) in [6, 6.07) is 0. The number of hydrogen-bond acceptors (Lipinski definition) is 4. The van der Waals surface area contributed by atoms with Crippen molar-refractivity contribution in [3.8, 4) is 0 Å². The normalized spacial score (nSPS) is 30.6. The first kappa shape index (κ1) is 16.0. The molecule has 2 aliphatic carbocycles. The molecule has 0 spiro atoms. The van der Waals surface area contributed by atoms with Gasteiger partial charge < -0.3 is 14.9 Å². The number of carboxylic acids is 1. The van der Waals surface area contributed by atoms with E-state index in [-0.39, 0.29) is 25.0 Å². The summed E-state index contributed by atoms with van der Waals surface area (Å²) in [4.78, 5) is 23.7. The molecule has 2 bridgehead atoms. The van der Waals surface area contributed by atoms with E-state index >= 15 is 0 Å². The molecule has 2 N–H and O–H groups in total. The fourth-order valence-electron chi connectivity index (χ4n) is 3.52. The number of aliphatic hydroxyl groups excluding tert-OH is 1. The van der Waals surface area contributed by atoms with E-state index in [1.54, 1.807) is 0 Å². The summed E-state index contributed by atoms with van der Waals surface area (Å²) < 4.78 is 5.40. The van der Waals surface area contributed by atoms with Gasteiger partial charge in [0.05, 0.1) is 25.0 Å². The number of carboxylic acid groups (broad SMARTS) is 1.